The van der Waals surface area contributed by atoms with Crippen LogP contribution in [0.25, 0.3) is 0 Å². The monoisotopic (exact) mass is 287 g/mol. The standard InChI is InChI=1S/C18H29N3/c1-18(2)9-6-10-19-17(18)15-20-11-13-21(14-12-20)16-7-4-3-5-8-16/h3-5,7-8,17,19H,6,9-15H2,1-2H3. The van der Waals surface area contributed by atoms with Gasteiger partial charge in [-0.25, -0.2) is 0 Å². The van der Waals surface area contributed by atoms with E-state index in [4.69, 9.17) is 0 Å². The summed E-state index contributed by atoms with van der Waals surface area (Å²) in [6.45, 7) is 11.9. The number of piperidine rings is 1. The Morgan fingerprint density at radius 2 is 1.81 bits per heavy atom. The normalized spacial score (nSPS) is 26.8. The maximum absolute atomic E-state index is 3.74. The average Bonchev–Trinajstić information content (AvgIpc) is 2.51. The van der Waals surface area contributed by atoms with Crippen LogP contribution < -0.4 is 10.2 Å². The minimum absolute atomic E-state index is 0.439. The van der Waals surface area contributed by atoms with Crippen LogP contribution in [0.4, 0.5) is 5.69 Å². The van der Waals surface area contributed by atoms with E-state index in [2.05, 4.69) is 59.3 Å². The first kappa shape index (κ1) is 14.9. The second-order valence-electron chi connectivity index (χ2n) is 7.22. The number of hydrogen-bond donors (Lipinski definition) is 1. The molecule has 0 amide bonds. The van der Waals surface area contributed by atoms with E-state index in [1.807, 2.05) is 0 Å². The predicted molar refractivity (Wildman–Crippen MR) is 89.9 cm³/mol. The number of piperazine rings is 1. The van der Waals surface area contributed by atoms with Crippen LogP contribution in [0, 0.1) is 5.41 Å². The highest BCUT2D eigenvalue weighted by Crippen LogP contribution is 2.30. The van der Waals surface area contributed by atoms with E-state index in [9.17, 15) is 0 Å². The van der Waals surface area contributed by atoms with Crippen molar-refractivity contribution >= 4 is 5.69 Å². The third kappa shape index (κ3) is 3.58. The molecule has 0 radical (unpaired) electrons. The fourth-order valence-corrected chi connectivity index (χ4v) is 3.67. The van der Waals surface area contributed by atoms with Crippen molar-refractivity contribution in [3.63, 3.8) is 0 Å². The lowest BCUT2D eigenvalue weighted by Gasteiger charge is -2.44. The molecule has 21 heavy (non-hydrogen) atoms. The zero-order chi connectivity index (χ0) is 14.7. The van der Waals surface area contributed by atoms with Gasteiger partial charge in [0.1, 0.15) is 0 Å². The molecule has 2 fully saturated rings. The fourth-order valence-electron chi connectivity index (χ4n) is 3.67. The molecule has 2 aliphatic heterocycles. The molecule has 0 saturated carbocycles. The highest BCUT2D eigenvalue weighted by Gasteiger charge is 2.33. The molecule has 1 unspecified atom stereocenters. The molecule has 0 aliphatic carbocycles. The first-order valence-corrected chi connectivity index (χ1v) is 8.41. The van der Waals surface area contributed by atoms with Crippen molar-refractivity contribution in [1.82, 2.24) is 10.2 Å². The zero-order valence-electron chi connectivity index (χ0n) is 13.5. The van der Waals surface area contributed by atoms with Crippen LogP contribution in [0.3, 0.4) is 0 Å². The maximum atomic E-state index is 3.74. The van der Waals surface area contributed by atoms with Gasteiger partial charge in [0.2, 0.25) is 0 Å². The van der Waals surface area contributed by atoms with Gasteiger partial charge in [-0.15, -0.1) is 0 Å². The molecule has 0 bridgehead atoms. The lowest BCUT2D eigenvalue weighted by Crippen LogP contribution is -2.56. The van der Waals surface area contributed by atoms with Crippen molar-refractivity contribution in [2.24, 2.45) is 5.41 Å². The molecule has 3 rings (SSSR count). The van der Waals surface area contributed by atoms with Crippen molar-refractivity contribution in [3.8, 4) is 0 Å². The number of nitrogens with one attached hydrogen (secondary N) is 1. The summed E-state index contributed by atoms with van der Waals surface area (Å²) in [5, 5.41) is 3.74. The van der Waals surface area contributed by atoms with E-state index in [1.165, 1.54) is 44.7 Å². The van der Waals surface area contributed by atoms with E-state index >= 15 is 0 Å². The first-order chi connectivity index (χ1) is 10.1. The summed E-state index contributed by atoms with van der Waals surface area (Å²) in [6, 6.07) is 11.5. The van der Waals surface area contributed by atoms with Gasteiger partial charge in [-0.3, -0.25) is 4.90 Å². The summed E-state index contributed by atoms with van der Waals surface area (Å²) < 4.78 is 0. The van der Waals surface area contributed by atoms with Crippen LogP contribution in [-0.4, -0.2) is 50.2 Å². The van der Waals surface area contributed by atoms with Crippen LogP contribution in [0.5, 0.6) is 0 Å². The molecule has 116 valence electrons. The molecular formula is C18H29N3. The molecule has 3 nitrogen and oxygen atoms in total. The molecule has 2 aliphatic rings. The largest absolute Gasteiger partial charge is 0.369 e. The Morgan fingerprint density at radius 1 is 1.10 bits per heavy atom. The number of benzene rings is 1. The van der Waals surface area contributed by atoms with Gasteiger partial charge in [0.25, 0.3) is 0 Å². The number of para-hydroxylation sites is 1. The second kappa shape index (κ2) is 6.37. The number of rotatable bonds is 3. The van der Waals surface area contributed by atoms with Crippen molar-refractivity contribution in [2.75, 3.05) is 44.2 Å². The highest BCUT2D eigenvalue weighted by molar-refractivity contribution is 5.46. The highest BCUT2D eigenvalue weighted by atomic mass is 15.3. The lowest BCUT2D eigenvalue weighted by atomic mass is 9.77. The lowest BCUT2D eigenvalue weighted by molar-refractivity contribution is 0.123. The van der Waals surface area contributed by atoms with E-state index in [-0.39, 0.29) is 0 Å². The molecule has 2 heterocycles. The molecule has 1 aromatic rings. The van der Waals surface area contributed by atoms with E-state index in [1.54, 1.807) is 0 Å². The van der Waals surface area contributed by atoms with Crippen LogP contribution in [0.1, 0.15) is 26.7 Å². The maximum Gasteiger partial charge on any atom is 0.0367 e. The van der Waals surface area contributed by atoms with Crippen molar-refractivity contribution < 1.29 is 0 Å². The van der Waals surface area contributed by atoms with Gasteiger partial charge < -0.3 is 10.2 Å². The molecular weight excluding hydrogens is 258 g/mol. The Bertz CT molecular complexity index is 435. The van der Waals surface area contributed by atoms with Crippen molar-refractivity contribution in [2.45, 2.75) is 32.7 Å². The minimum Gasteiger partial charge on any atom is -0.369 e. The molecule has 1 aromatic carbocycles. The quantitative estimate of drug-likeness (QED) is 0.922. The van der Waals surface area contributed by atoms with Crippen LogP contribution in [0.2, 0.25) is 0 Å². The third-order valence-electron chi connectivity index (χ3n) is 5.27. The van der Waals surface area contributed by atoms with Gasteiger partial charge in [0, 0.05) is 44.5 Å². The minimum atomic E-state index is 0.439. The van der Waals surface area contributed by atoms with Gasteiger partial charge in [-0.1, -0.05) is 32.0 Å². The Labute approximate surface area is 129 Å². The summed E-state index contributed by atoms with van der Waals surface area (Å²) in [6.07, 6.45) is 2.68. The summed E-state index contributed by atoms with van der Waals surface area (Å²) in [5.74, 6) is 0. The van der Waals surface area contributed by atoms with Crippen molar-refractivity contribution in [1.29, 1.82) is 0 Å². The molecule has 0 spiro atoms. The predicted octanol–water partition coefficient (Wildman–Crippen LogP) is 2.59. The van der Waals surface area contributed by atoms with Crippen molar-refractivity contribution in [3.05, 3.63) is 30.3 Å². The smallest absolute Gasteiger partial charge is 0.0367 e. The Balaban J connectivity index is 1.52. The molecule has 1 atom stereocenters. The Hall–Kier alpha value is -1.06. The molecule has 0 aromatic heterocycles. The summed E-state index contributed by atoms with van der Waals surface area (Å²) in [5.41, 5.74) is 1.81. The van der Waals surface area contributed by atoms with Gasteiger partial charge in [0.05, 0.1) is 0 Å². The summed E-state index contributed by atoms with van der Waals surface area (Å²) >= 11 is 0. The number of anilines is 1. The molecule has 3 heteroatoms. The number of hydrogen-bond acceptors (Lipinski definition) is 3. The van der Waals surface area contributed by atoms with Gasteiger partial charge >= 0.3 is 0 Å². The average molecular weight is 287 g/mol. The fraction of sp³-hybridized carbons (Fsp3) is 0.667. The third-order valence-corrected chi connectivity index (χ3v) is 5.27. The van der Waals surface area contributed by atoms with E-state index in [0.717, 1.165) is 13.1 Å². The van der Waals surface area contributed by atoms with Crippen LogP contribution in [-0.2, 0) is 0 Å². The summed E-state index contributed by atoms with van der Waals surface area (Å²) in [7, 11) is 0. The first-order valence-electron chi connectivity index (χ1n) is 8.41. The molecule has 2 saturated heterocycles. The topological polar surface area (TPSA) is 18.5 Å². The van der Waals surface area contributed by atoms with E-state index in [0.29, 0.717) is 11.5 Å². The zero-order valence-corrected chi connectivity index (χ0v) is 13.5. The SMILES string of the molecule is CC1(C)CCCNC1CN1CCN(c2ccccc2)CC1. The number of nitrogens with zero attached hydrogens (tertiary/aromatic N) is 2. The summed E-state index contributed by atoms with van der Waals surface area (Å²) in [4.78, 5) is 5.15. The van der Waals surface area contributed by atoms with E-state index < -0.39 is 0 Å². The van der Waals surface area contributed by atoms with Crippen LogP contribution >= 0.6 is 0 Å². The second-order valence-corrected chi connectivity index (χ2v) is 7.22. The van der Waals surface area contributed by atoms with Crippen LogP contribution in [0.15, 0.2) is 30.3 Å². The van der Waals surface area contributed by atoms with Gasteiger partial charge in [-0.2, -0.15) is 0 Å². The van der Waals surface area contributed by atoms with Gasteiger partial charge in [-0.05, 0) is 36.9 Å². The molecule has 1 N–H and O–H groups in total. The Morgan fingerprint density at radius 3 is 2.48 bits per heavy atom. The van der Waals surface area contributed by atoms with Gasteiger partial charge in [0.15, 0.2) is 0 Å². The Kier molecular flexibility index (Phi) is 4.51.